The minimum atomic E-state index is -0.505. The third-order valence-corrected chi connectivity index (χ3v) is 4.41. The van der Waals surface area contributed by atoms with Gasteiger partial charge in [0.1, 0.15) is 11.5 Å². The number of nitro groups is 1. The van der Waals surface area contributed by atoms with Crippen LogP contribution >= 0.6 is 23.2 Å². The van der Waals surface area contributed by atoms with Crippen LogP contribution in [0.4, 0.5) is 10.5 Å². The number of amides is 1. The Hall–Kier alpha value is -2.51. The van der Waals surface area contributed by atoms with E-state index in [9.17, 15) is 14.9 Å². The van der Waals surface area contributed by atoms with Crippen molar-refractivity contribution in [3.05, 3.63) is 56.6 Å². The van der Waals surface area contributed by atoms with Gasteiger partial charge >= 0.3 is 6.09 Å². The lowest BCUT2D eigenvalue weighted by atomic mass is 10.3. The molecule has 3 rings (SSSR count). The van der Waals surface area contributed by atoms with Crippen LogP contribution in [0, 0.1) is 10.1 Å². The van der Waals surface area contributed by atoms with E-state index in [0.29, 0.717) is 18.8 Å². The summed E-state index contributed by atoms with van der Waals surface area (Å²) in [4.78, 5) is 23.9. The molecule has 1 fully saturated rings. The SMILES string of the molecule is O=C(Oc1cc(Oc2ccc([N+](=O)[O-])cc2)c(Cl)cc1Cl)N1CCCC1. The monoisotopic (exact) mass is 396 g/mol. The van der Waals surface area contributed by atoms with Crippen LogP contribution < -0.4 is 9.47 Å². The molecule has 0 saturated carbocycles. The Labute approximate surface area is 159 Å². The summed E-state index contributed by atoms with van der Waals surface area (Å²) >= 11 is 12.2. The van der Waals surface area contributed by atoms with Crippen LogP contribution in [0.3, 0.4) is 0 Å². The van der Waals surface area contributed by atoms with E-state index in [1.54, 1.807) is 4.90 Å². The fraction of sp³-hybridized carbons (Fsp3) is 0.235. The predicted octanol–water partition coefficient (Wildman–Crippen LogP) is 5.29. The molecule has 0 aromatic heterocycles. The zero-order chi connectivity index (χ0) is 18.7. The Bertz CT molecular complexity index is 836. The maximum absolute atomic E-state index is 12.1. The Kier molecular flexibility index (Phi) is 5.49. The standard InChI is InChI=1S/C17H14Cl2N2O5/c18-13-9-14(19)16(26-17(22)20-7-1-2-8-20)10-15(13)25-12-5-3-11(4-6-12)21(23)24/h3-6,9-10H,1-2,7-8H2. The Morgan fingerprint density at radius 1 is 1.04 bits per heavy atom. The first-order valence-electron chi connectivity index (χ1n) is 7.82. The molecule has 9 heteroatoms. The van der Waals surface area contributed by atoms with Crippen molar-refractivity contribution in [3.63, 3.8) is 0 Å². The highest BCUT2D eigenvalue weighted by atomic mass is 35.5. The highest BCUT2D eigenvalue weighted by Crippen LogP contribution is 2.38. The smallest absolute Gasteiger partial charge is 0.415 e. The summed E-state index contributed by atoms with van der Waals surface area (Å²) in [5.41, 5.74) is -0.0558. The highest BCUT2D eigenvalue weighted by Gasteiger charge is 2.21. The molecule has 2 aromatic rings. The van der Waals surface area contributed by atoms with Crippen molar-refractivity contribution in [1.82, 2.24) is 4.90 Å². The summed E-state index contributed by atoms with van der Waals surface area (Å²) in [6.07, 6.45) is 1.41. The number of rotatable bonds is 4. The van der Waals surface area contributed by atoms with Crippen molar-refractivity contribution in [2.75, 3.05) is 13.1 Å². The Morgan fingerprint density at radius 2 is 1.65 bits per heavy atom. The summed E-state index contributed by atoms with van der Waals surface area (Å²) in [5, 5.41) is 11.1. The molecule has 2 aromatic carbocycles. The van der Waals surface area contributed by atoms with Crippen LogP contribution in [-0.2, 0) is 0 Å². The zero-order valence-electron chi connectivity index (χ0n) is 13.5. The summed E-state index contributed by atoms with van der Waals surface area (Å²) < 4.78 is 11.0. The molecule has 0 bridgehead atoms. The van der Waals surface area contributed by atoms with E-state index in [0.717, 1.165) is 12.8 Å². The first kappa shape index (κ1) is 18.3. The number of nitrogens with zero attached hydrogens (tertiary/aromatic N) is 2. The van der Waals surface area contributed by atoms with Crippen molar-refractivity contribution >= 4 is 35.0 Å². The minimum Gasteiger partial charge on any atom is -0.456 e. The van der Waals surface area contributed by atoms with Crippen molar-refractivity contribution in [2.45, 2.75) is 12.8 Å². The fourth-order valence-corrected chi connectivity index (χ4v) is 2.95. The van der Waals surface area contributed by atoms with E-state index >= 15 is 0 Å². The number of ether oxygens (including phenoxy) is 2. The second-order valence-corrected chi connectivity index (χ2v) is 6.44. The van der Waals surface area contributed by atoms with Crippen LogP contribution in [-0.4, -0.2) is 29.0 Å². The lowest BCUT2D eigenvalue weighted by Crippen LogP contribution is -2.30. The van der Waals surface area contributed by atoms with Gasteiger partial charge in [0.25, 0.3) is 5.69 Å². The quantitative estimate of drug-likeness (QED) is 0.517. The predicted molar refractivity (Wildman–Crippen MR) is 96.5 cm³/mol. The van der Waals surface area contributed by atoms with Gasteiger partial charge < -0.3 is 14.4 Å². The number of non-ortho nitro benzene ring substituents is 1. The number of nitro benzene ring substituents is 1. The molecule has 1 aliphatic rings. The van der Waals surface area contributed by atoms with Crippen LogP contribution in [0.5, 0.6) is 17.2 Å². The molecule has 0 aliphatic carbocycles. The lowest BCUT2D eigenvalue weighted by Gasteiger charge is -2.16. The lowest BCUT2D eigenvalue weighted by molar-refractivity contribution is -0.384. The molecule has 0 atom stereocenters. The second kappa shape index (κ2) is 7.80. The summed E-state index contributed by atoms with van der Waals surface area (Å²) in [7, 11) is 0. The number of halogens is 2. The molecular formula is C17H14Cl2N2O5. The number of carbonyl (C=O) groups excluding carboxylic acids is 1. The molecule has 1 saturated heterocycles. The van der Waals surface area contributed by atoms with Crippen molar-refractivity contribution in [2.24, 2.45) is 0 Å². The average Bonchev–Trinajstić information content (AvgIpc) is 3.14. The molecule has 0 N–H and O–H groups in total. The van der Waals surface area contributed by atoms with Crippen LogP contribution in [0.15, 0.2) is 36.4 Å². The second-order valence-electron chi connectivity index (χ2n) is 5.63. The van der Waals surface area contributed by atoms with E-state index in [1.165, 1.54) is 36.4 Å². The zero-order valence-corrected chi connectivity index (χ0v) is 15.0. The van der Waals surface area contributed by atoms with Gasteiger partial charge in [-0.25, -0.2) is 4.79 Å². The van der Waals surface area contributed by atoms with Crippen molar-refractivity contribution in [3.8, 4) is 17.2 Å². The van der Waals surface area contributed by atoms with Gasteiger partial charge in [0, 0.05) is 31.3 Å². The minimum absolute atomic E-state index is 0.0558. The number of hydrogen-bond acceptors (Lipinski definition) is 5. The molecule has 1 amide bonds. The number of carbonyl (C=O) groups is 1. The molecule has 0 unspecified atom stereocenters. The molecule has 136 valence electrons. The van der Waals surface area contributed by atoms with E-state index in [-0.39, 0.29) is 27.2 Å². The van der Waals surface area contributed by atoms with Crippen LogP contribution in [0.2, 0.25) is 10.0 Å². The van der Waals surface area contributed by atoms with Gasteiger partial charge in [-0.1, -0.05) is 23.2 Å². The topological polar surface area (TPSA) is 81.9 Å². The van der Waals surface area contributed by atoms with Gasteiger partial charge in [-0.3, -0.25) is 10.1 Å². The fourth-order valence-electron chi connectivity index (χ4n) is 2.49. The van der Waals surface area contributed by atoms with E-state index in [2.05, 4.69) is 0 Å². The molecule has 7 nitrogen and oxygen atoms in total. The molecule has 0 spiro atoms. The van der Waals surface area contributed by atoms with Crippen molar-refractivity contribution in [1.29, 1.82) is 0 Å². The summed E-state index contributed by atoms with van der Waals surface area (Å²) in [6, 6.07) is 8.34. The molecular weight excluding hydrogens is 383 g/mol. The molecule has 0 radical (unpaired) electrons. The first-order chi connectivity index (χ1) is 12.4. The number of hydrogen-bond donors (Lipinski definition) is 0. The molecule has 26 heavy (non-hydrogen) atoms. The number of benzene rings is 2. The summed E-state index contributed by atoms with van der Waals surface area (Å²) in [5.74, 6) is 0.690. The Morgan fingerprint density at radius 3 is 2.27 bits per heavy atom. The Balaban J connectivity index is 1.78. The average molecular weight is 397 g/mol. The maximum atomic E-state index is 12.1. The van der Waals surface area contributed by atoms with E-state index < -0.39 is 11.0 Å². The third-order valence-electron chi connectivity index (χ3n) is 3.82. The van der Waals surface area contributed by atoms with Gasteiger partial charge in [0.15, 0.2) is 5.75 Å². The molecule has 1 aliphatic heterocycles. The van der Waals surface area contributed by atoms with Crippen LogP contribution in [0.1, 0.15) is 12.8 Å². The largest absolute Gasteiger partial charge is 0.456 e. The summed E-state index contributed by atoms with van der Waals surface area (Å²) in [6.45, 7) is 1.30. The molecule has 1 heterocycles. The highest BCUT2D eigenvalue weighted by molar-refractivity contribution is 6.36. The third kappa shape index (κ3) is 4.17. The maximum Gasteiger partial charge on any atom is 0.415 e. The van der Waals surface area contributed by atoms with Gasteiger partial charge in [-0.15, -0.1) is 0 Å². The normalized spacial score (nSPS) is 13.5. The van der Waals surface area contributed by atoms with Gasteiger partial charge in [0.2, 0.25) is 0 Å². The first-order valence-corrected chi connectivity index (χ1v) is 8.58. The van der Waals surface area contributed by atoms with Gasteiger partial charge in [-0.05, 0) is 31.0 Å². The van der Waals surface area contributed by atoms with Crippen LogP contribution in [0.25, 0.3) is 0 Å². The van der Waals surface area contributed by atoms with E-state index in [4.69, 9.17) is 32.7 Å². The van der Waals surface area contributed by atoms with E-state index in [1.807, 2.05) is 0 Å². The van der Waals surface area contributed by atoms with Gasteiger partial charge in [0.05, 0.1) is 15.0 Å². The number of likely N-dealkylation sites (tertiary alicyclic amines) is 1. The van der Waals surface area contributed by atoms with Crippen molar-refractivity contribution < 1.29 is 19.2 Å². The van der Waals surface area contributed by atoms with Gasteiger partial charge in [-0.2, -0.15) is 0 Å².